The molecule has 7 nitrogen and oxygen atoms in total. The number of esters is 1. The van der Waals surface area contributed by atoms with Gasteiger partial charge in [-0.1, -0.05) is 26.3 Å². The van der Waals surface area contributed by atoms with E-state index in [9.17, 15) is 14.7 Å². The van der Waals surface area contributed by atoms with Crippen molar-refractivity contribution in [2.75, 3.05) is 13.1 Å². The third-order valence-electron chi connectivity index (χ3n) is 5.52. The molecule has 0 spiro atoms. The van der Waals surface area contributed by atoms with Crippen LogP contribution < -0.4 is 4.74 Å². The minimum absolute atomic E-state index is 0.210. The second-order valence-electron chi connectivity index (χ2n) is 8.35. The maximum Gasteiger partial charge on any atom is 0.335 e. The van der Waals surface area contributed by atoms with Crippen LogP contribution in [-0.4, -0.2) is 45.1 Å². The molecule has 7 heteroatoms. The average molecular weight is 412 g/mol. The second-order valence-corrected chi connectivity index (χ2v) is 8.35. The lowest BCUT2D eigenvalue weighted by molar-refractivity contribution is -0.137. The van der Waals surface area contributed by atoms with E-state index in [1.807, 2.05) is 19.9 Å². The van der Waals surface area contributed by atoms with Gasteiger partial charge in [-0.25, -0.2) is 4.79 Å². The Balaban J connectivity index is 0.000000239. The van der Waals surface area contributed by atoms with Crippen molar-refractivity contribution in [3.63, 3.8) is 0 Å². The summed E-state index contributed by atoms with van der Waals surface area (Å²) in [5.74, 6) is -0.318. The van der Waals surface area contributed by atoms with Gasteiger partial charge in [0.25, 0.3) is 0 Å². The number of fused-ring (bicyclic) bond motifs is 1. The molecule has 2 aliphatic heterocycles. The minimum atomic E-state index is -0.919. The molecule has 1 aromatic carbocycles. The van der Waals surface area contributed by atoms with Crippen molar-refractivity contribution >= 4 is 11.9 Å². The first kappa shape index (κ1) is 21.8. The number of carboxylic acid groups (broad SMARTS) is 1. The highest BCUT2D eigenvalue weighted by Crippen LogP contribution is 2.44. The van der Waals surface area contributed by atoms with Crippen LogP contribution in [0.4, 0.5) is 0 Å². The zero-order valence-electron chi connectivity index (χ0n) is 17.4. The number of benzene rings is 1. The van der Waals surface area contributed by atoms with Crippen LogP contribution in [0.2, 0.25) is 0 Å². The van der Waals surface area contributed by atoms with Gasteiger partial charge in [-0.3, -0.25) is 14.7 Å². The first-order chi connectivity index (χ1) is 14.3. The number of hydrogen-bond acceptors (Lipinski definition) is 6. The zero-order valence-corrected chi connectivity index (χ0v) is 17.4. The molecule has 2 N–H and O–H groups in total. The van der Waals surface area contributed by atoms with Gasteiger partial charge in [0.15, 0.2) is 0 Å². The molecule has 30 heavy (non-hydrogen) atoms. The minimum Gasteiger partial charge on any atom is -0.507 e. The van der Waals surface area contributed by atoms with Crippen LogP contribution in [0.15, 0.2) is 36.7 Å². The van der Waals surface area contributed by atoms with Crippen molar-refractivity contribution < 1.29 is 24.5 Å². The van der Waals surface area contributed by atoms with Gasteiger partial charge >= 0.3 is 11.9 Å². The number of ether oxygens (including phenoxy) is 1. The number of carbonyl (C=O) groups excluding carboxylic acids is 1. The summed E-state index contributed by atoms with van der Waals surface area (Å²) in [5.41, 5.74) is 1.81. The van der Waals surface area contributed by atoms with Gasteiger partial charge in [-0.15, -0.1) is 0 Å². The van der Waals surface area contributed by atoms with Crippen LogP contribution in [0.25, 0.3) is 0 Å². The molecule has 0 bridgehead atoms. The SMILES string of the molecule is CC1(C)CC(=O)Oc2c1ccc(O)c2CN1CCCCC1.O=C(O)c1ccncc1. The highest BCUT2D eigenvalue weighted by atomic mass is 16.5. The van der Waals surface area contributed by atoms with Crippen LogP contribution in [-0.2, 0) is 16.8 Å². The highest BCUT2D eigenvalue weighted by molar-refractivity contribution is 5.87. The smallest absolute Gasteiger partial charge is 0.335 e. The Labute approximate surface area is 176 Å². The average Bonchev–Trinajstić information content (AvgIpc) is 2.71. The Morgan fingerprint density at radius 3 is 2.40 bits per heavy atom. The molecule has 0 radical (unpaired) electrons. The number of aromatic hydroxyl groups is 1. The molecule has 0 aliphatic carbocycles. The lowest BCUT2D eigenvalue weighted by Gasteiger charge is -2.34. The Kier molecular flexibility index (Phi) is 6.72. The first-order valence-electron chi connectivity index (χ1n) is 10.2. The normalized spacial score (nSPS) is 17.9. The van der Waals surface area contributed by atoms with E-state index in [4.69, 9.17) is 9.84 Å². The zero-order chi connectivity index (χ0) is 21.7. The third-order valence-corrected chi connectivity index (χ3v) is 5.52. The first-order valence-corrected chi connectivity index (χ1v) is 10.2. The van der Waals surface area contributed by atoms with Crippen molar-refractivity contribution in [3.8, 4) is 11.5 Å². The number of carbonyl (C=O) groups is 2. The predicted octanol–water partition coefficient (Wildman–Crippen LogP) is 3.74. The number of likely N-dealkylation sites (tertiary alicyclic amines) is 1. The number of aromatic nitrogens is 1. The number of aromatic carboxylic acids is 1. The van der Waals surface area contributed by atoms with Crippen LogP contribution in [0.3, 0.4) is 0 Å². The summed E-state index contributed by atoms with van der Waals surface area (Å²) < 4.78 is 5.50. The van der Waals surface area contributed by atoms with Gasteiger partial charge in [0.05, 0.1) is 17.5 Å². The monoisotopic (exact) mass is 412 g/mol. The molecule has 0 saturated carbocycles. The second kappa shape index (κ2) is 9.26. The van der Waals surface area contributed by atoms with Crippen molar-refractivity contribution in [1.82, 2.24) is 9.88 Å². The summed E-state index contributed by atoms with van der Waals surface area (Å²) in [7, 11) is 0. The standard InChI is InChI=1S/C17H23NO3.C6H5NO2/c1-17(2)10-15(20)21-16-12(14(19)7-6-13(16)17)11-18-8-4-3-5-9-18;8-6(9)5-1-3-7-4-2-5/h6-7,19H,3-5,8-11H2,1-2H3;1-4H,(H,8,9). The molecular weight excluding hydrogens is 384 g/mol. The van der Waals surface area contributed by atoms with Gasteiger partial charge in [0, 0.05) is 29.9 Å². The quantitative estimate of drug-likeness (QED) is 0.585. The van der Waals surface area contributed by atoms with Gasteiger partial charge in [0.1, 0.15) is 11.5 Å². The van der Waals surface area contributed by atoms with Crippen LogP contribution in [0.1, 0.15) is 61.0 Å². The third kappa shape index (κ3) is 5.16. The molecule has 0 amide bonds. The molecule has 1 saturated heterocycles. The van der Waals surface area contributed by atoms with E-state index in [2.05, 4.69) is 9.88 Å². The molecule has 0 unspecified atom stereocenters. The maximum atomic E-state index is 11.9. The number of phenols is 1. The van der Waals surface area contributed by atoms with Crippen molar-refractivity contribution in [2.45, 2.75) is 51.5 Å². The van der Waals surface area contributed by atoms with Crippen LogP contribution in [0.5, 0.6) is 11.5 Å². The summed E-state index contributed by atoms with van der Waals surface area (Å²) in [4.78, 5) is 28.0. The molecule has 1 aromatic heterocycles. The predicted molar refractivity (Wildman–Crippen MR) is 112 cm³/mol. The molecule has 1 fully saturated rings. The Bertz CT molecular complexity index is 905. The Hall–Kier alpha value is -2.93. The summed E-state index contributed by atoms with van der Waals surface area (Å²) in [5, 5.41) is 18.6. The molecular formula is C23H28N2O5. The summed E-state index contributed by atoms with van der Waals surface area (Å²) in [6.45, 7) is 6.83. The lowest BCUT2D eigenvalue weighted by Crippen LogP contribution is -2.33. The van der Waals surface area contributed by atoms with E-state index in [0.717, 1.165) is 24.2 Å². The van der Waals surface area contributed by atoms with E-state index in [0.29, 0.717) is 18.7 Å². The van der Waals surface area contributed by atoms with E-state index in [-0.39, 0.29) is 22.7 Å². The number of hydrogen-bond donors (Lipinski definition) is 2. The van der Waals surface area contributed by atoms with Gasteiger partial charge < -0.3 is 14.9 Å². The van der Waals surface area contributed by atoms with Crippen molar-refractivity contribution in [3.05, 3.63) is 53.3 Å². The number of pyridine rings is 1. The topological polar surface area (TPSA) is 100.0 Å². The molecule has 160 valence electrons. The number of nitrogens with zero attached hydrogens (tertiary/aromatic N) is 2. The summed E-state index contributed by atoms with van der Waals surface area (Å²) in [6.07, 6.45) is 6.94. The van der Waals surface area contributed by atoms with E-state index in [1.165, 1.54) is 43.8 Å². The van der Waals surface area contributed by atoms with Crippen LogP contribution in [0, 0.1) is 0 Å². The number of carboxylic acids is 1. The largest absolute Gasteiger partial charge is 0.507 e. The number of rotatable bonds is 3. The van der Waals surface area contributed by atoms with Crippen LogP contribution >= 0.6 is 0 Å². The molecule has 2 aliphatic rings. The maximum absolute atomic E-state index is 11.9. The molecule has 3 heterocycles. The van der Waals surface area contributed by atoms with E-state index < -0.39 is 5.97 Å². The van der Waals surface area contributed by atoms with E-state index >= 15 is 0 Å². The Morgan fingerprint density at radius 1 is 1.13 bits per heavy atom. The Morgan fingerprint density at radius 2 is 1.80 bits per heavy atom. The molecule has 0 atom stereocenters. The lowest BCUT2D eigenvalue weighted by atomic mass is 9.78. The molecule has 4 rings (SSSR count). The van der Waals surface area contributed by atoms with E-state index in [1.54, 1.807) is 6.07 Å². The fourth-order valence-corrected chi connectivity index (χ4v) is 3.86. The number of phenolic OH excluding ortho intramolecular Hbond substituents is 1. The fourth-order valence-electron chi connectivity index (χ4n) is 3.86. The highest BCUT2D eigenvalue weighted by Gasteiger charge is 2.36. The van der Waals surface area contributed by atoms with Crippen molar-refractivity contribution in [2.24, 2.45) is 0 Å². The summed E-state index contributed by atoms with van der Waals surface area (Å²) in [6, 6.07) is 6.51. The fraction of sp³-hybridized carbons (Fsp3) is 0.435. The van der Waals surface area contributed by atoms with Crippen molar-refractivity contribution in [1.29, 1.82) is 0 Å². The number of piperidine rings is 1. The van der Waals surface area contributed by atoms with Gasteiger partial charge in [-0.2, -0.15) is 0 Å². The summed E-state index contributed by atoms with van der Waals surface area (Å²) >= 11 is 0. The van der Waals surface area contributed by atoms with Gasteiger partial charge in [-0.05, 0) is 44.1 Å². The molecule has 2 aromatic rings. The van der Waals surface area contributed by atoms with Gasteiger partial charge in [0.2, 0.25) is 0 Å².